The molecule has 2 heterocycles. The number of hydrogen-bond donors (Lipinski definition) is 1. The van der Waals surface area contributed by atoms with E-state index in [0.29, 0.717) is 19.0 Å². The standard InChI is InChI=1S/C12H17N5O/c1-3-17-9-14-16-11(17)8-13-10-6-5-7-12(15-10)18-4-2/h5-7,9H,3-4,8H2,1-2H3,(H,13,15). The molecule has 6 nitrogen and oxygen atoms in total. The van der Waals surface area contributed by atoms with Crippen molar-refractivity contribution in [3.63, 3.8) is 0 Å². The minimum Gasteiger partial charge on any atom is -0.478 e. The first-order chi connectivity index (χ1) is 8.83. The predicted molar refractivity (Wildman–Crippen MR) is 68.4 cm³/mol. The zero-order valence-corrected chi connectivity index (χ0v) is 10.6. The van der Waals surface area contributed by atoms with Crippen LogP contribution >= 0.6 is 0 Å². The summed E-state index contributed by atoms with van der Waals surface area (Å²) in [5.41, 5.74) is 0. The molecule has 0 unspecified atom stereocenters. The Morgan fingerprint density at radius 3 is 3.00 bits per heavy atom. The summed E-state index contributed by atoms with van der Waals surface area (Å²) in [5.74, 6) is 2.28. The van der Waals surface area contributed by atoms with Crippen molar-refractivity contribution in [1.82, 2.24) is 19.7 Å². The van der Waals surface area contributed by atoms with E-state index in [1.807, 2.05) is 29.7 Å². The van der Waals surface area contributed by atoms with Gasteiger partial charge in [-0.15, -0.1) is 10.2 Å². The molecule has 0 aromatic carbocycles. The van der Waals surface area contributed by atoms with Crippen LogP contribution in [-0.2, 0) is 13.1 Å². The van der Waals surface area contributed by atoms with E-state index in [2.05, 4.69) is 27.4 Å². The van der Waals surface area contributed by atoms with Gasteiger partial charge in [-0.3, -0.25) is 0 Å². The highest BCUT2D eigenvalue weighted by Gasteiger charge is 2.03. The molecule has 2 aromatic heterocycles. The Hall–Kier alpha value is -2.11. The van der Waals surface area contributed by atoms with Crippen LogP contribution in [0.1, 0.15) is 19.7 Å². The maximum atomic E-state index is 5.34. The molecule has 0 amide bonds. The third kappa shape index (κ3) is 2.97. The van der Waals surface area contributed by atoms with Crippen molar-refractivity contribution < 1.29 is 4.74 Å². The van der Waals surface area contributed by atoms with Crippen molar-refractivity contribution in [2.45, 2.75) is 26.9 Å². The van der Waals surface area contributed by atoms with Gasteiger partial charge in [0.05, 0.1) is 13.2 Å². The first kappa shape index (κ1) is 12.3. The lowest BCUT2D eigenvalue weighted by atomic mass is 10.4. The van der Waals surface area contributed by atoms with Gasteiger partial charge in [-0.1, -0.05) is 6.07 Å². The number of nitrogens with zero attached hydrogens (tertiary/aromatic N) is 4. The van der Waals surface area contributed by atoms with Gasteiger partial charge >= 0.3 is 0 Å². The number of rotatable bonds is 6. The molecule has 0 saturated heterocycles. The molecule has 0 aliphatic rings. The van der Waals surface area contributed by atoms with E-state index in [0.717, 1.165) is 18.2 Å². The van der Waals surface area contributed by atoms with Crippen LogP contribution in [0.2, 0.25) is 0 Å². The lowest BCUT2D eigenvalue weighted by molar-refractivity contribution is 0.327. The molecule has 0 fully saturated rings. The molecule has 0 spiro atoms. The van der Waals surface area contributed by atoms with Gasteiger partial charge in [0.25, 0.3) is 0 Å². The Bertz CT molecular complexity index is 497. The van der Waals surface area contributed by atoms with Gasteiger partial charge in [-0.05, 0) is 19.9 Å². The van der Waals surface area contributed by atoms with Crippen LogP contribution in [0.25, 0.3) is 0 Å². The SMILES string of the molecule is CCOc1cccc(NCc2nncn2CC)n1. The summed E-state index contributed by atoms with van der Waals surface area (Å²) < 4.78 is 7.33. The van der Waals surface area contributed by atoms with Crippen molar-refractivity contribution in [2.75, 3.05) is 11.9 Å². The molecule has 18 heavy (non-hydrogen) atoms. The molecule has 1 N–H and O–H groups in total. The minimum absolute atomic E-state index is 0.594. The normalized spacial score (nSPS) is 10.3. The van der Waals surface area contributed by atoms with Gasteiger partial charge in [0.1, 0.15) is 12.1 Å². The fourth-order valence-electron chi connectivity index (χ4n) is 1.59. The van der Waals surface area contributed by atoms with E-state index >= 15 is 0 Å². The predicted octanol–water partition coefficient (Wildman–Crippen LogP) is 1.70. The highest BCUT2D eigenvalue weighted by Crippen LogP contribution is 2.12. The van der Waals surface area contributed by atoms with E-state index < -0.39 is 0 Å². The van der Waals surface area contributed by atoms with E-state index in [1.54, 1.807) is 6.33 Å². The van der Waals surface area contributed by atoms with Crippen molar-refractivity contribution in [1.29, 1.82) is 0 Å². The fraction of sp³-hybridized carbons (Fsp3) is 0.417. The zero-order chi connectivity index (χ0) is 12.8. The summed E-state index contributed by atoms with van der Waals surface area (Å²) in [6.45, 7) is 6.06. The van der Waals surface area contributed by atoms with Gasteiger partial charge in [0.2, 0.25) is 5.88 Å². The molecular weight excluding hydrogens is 230 g/mol. The van der Waals surface area contributed by atoms with Crippen LogP contribution in [0.4, 0.5) is 5.82 Å². The minimum atomic E-state index is 0.594. The molecule has 2 aromatic rings. The largest absolute Gasteiger partial charge is 0.478 e. The van der Waals surface area contributed by atoms with Gasteiger partial charge in [0.15, 0.2) is 5.82 Å². The zero-order valence-electron chi connectivity index (χ0n) is 10.6. The molecule has 0 saturated carbocycles. The molecular formula is C12H17N5O. The summed E-state index contributed by atoms with van der Waals surface area (Å²) in [6.07, 6.45) is 1.72. The smallest absolute Gasteiger partial charge is 0.215 e. The Morgan fingerprint density at radius 2 is 2.22 bits per heavy atom. The van der Waals surface area contributed by atoms with E-state index in [1.165, 1.54) is 0 Å². The van der Waals surface area contributed by atoms with E-state index in [4.69, 9.17) is 4.74 Å². The second-order valence-electron chi connectivity index (χ2n) is 3.68. The van der Waals surface area contributed by atoms with Crippen LogP contribution in [0.15, 0.2) is 24.5 Å². The molecule has 6 heteroatoms. The average molecular weight is 247 g/mol. The molecule has 0 aliphatic carbocycles. The Labute approximate surface area is 106 Å². The molecule has 0 atom stereocenters. The van der Waals surface area contributed by atoms with Crippen molar-refractivity contribution in [3.8, 4) is 5.88 Å². The summed E-state index contributed by atoms with van der Waals surface area (Å²) in [5, 5.41) is 11.1. The van der Waals surface area contributed by atoms with Gasteiger partial charge < -0.3 is 14.6 Å². The molecule has 2 rings (SSSR count). The number of ether oxygens (including phenoxy) is 1. The van der Waals surface area contributed by atoms with E-state index in [-0.39, 0.29) is 0 Å². The number of aryl methyl sites for hydroxylation is 1. The molecule has 96 valence electrons. The third-order valence-corrected chi connectivity index (χ3v) is 2.48. The van der Waals surface area contributed by atoms with Crippen molar-refractivity contribution in [3.05, 3.63) is 30.4 Å². The quantitative estimate of drug-likeness (QED) is 0.841. The first-order valence-corrected chi connectivity index (χ1v) is 6.04. The lowest BCUT2D eigenvalue weighted by Crippen LogP contribution is -2.08. The molecule has 0 bridgehead atoms. The van der Waals surface area contributed by atoms with Crippen LogP contribution in [0.3, 0.4) is 0 Å². The Balaban J connectivity index is 1.99. The van der Waals surface area contributed by atoms with Crippen molar-refractivity contribution in [2.24, 2.45) is 0 Å². The lowest BCUT2D eigenvalue weighted by Gasteiger charge is -2.08. The van der Waals surface area contributed by atoms with Gasteiger partial charge in [-0.25, -0.2) is 0 Å². The molecule has 0 radical (unpaired) electrons. The Morgan fingerprint density at radius 1 is 1.33 bits per heavy atom. The summed E-state index contributed by atoms with van der Waals surface area (Å²) in [6, 6.07) is 5.64. The topological polar surface area (TPSA) is 64.9 Å². The number of anilines is 1. The summed E-state index contributed by atoms with van der Waals surface area (Å²) in [7, 11) is 0. The highest BCUT2D eigenvalue weighted by atomic mass is 16.5. The fourth-order valence-corrected chi connectivity index (χ4v) is 1.59. The van der Waals surface area contributed by atoms with Crippen LogP contribution in [0, 0.1) is 0 Å². The molecule has 0 aliphatic heterocycles. The summed E-state index contributed by atoms with van der Waals surface area (Å²) >= 11 is 0. The Kier molecular flexibility index (Phi) is 4.11. The maximum Gasteiger partial charge on any atom is 0.215 e. The van der Waals surface area contributed by atoms with E-state index in [9.17, 15) is 0 Å². The number of hydrogen-bond acceptors (Lipinski definition) is 5. The van der Waals surface area contributed by atoms with Crippen LogP contribution < -0.4 is 10.1 Å². The van der Waals surface area contributed by atoms with Crippen LogP contribution in [0.5, 0.6) is 5.88 Å². The van der Waals surface area contributed by atoms with Crippen LogP contribution in [-0.4, -0.2) is 26.4 Å². The highest BCUT2D eigenvalue weighted by molar-refractivity contribution is 5.37. The second-order valence-corrected chi connectivity index (χ2v) is 3.68. The maximum absolute atomic E-state index is 5.34. The average Bonchev–Trinajstić information content (AvgIpc) is 2.84. The number of nitrogens with one attached hydrogen (secondary N) is 1. The summed E-state index contributed by atoms with van der Waals surface area (Å²) in [4.78, 5) is 4.33. The van der Waals surface area contributed by atoms with Crippen molar-refractivity contribution >= 4 is 5.82 Å². The van der Waals surface area contributed by atoms with Gasteiger partial charge in [-0.2, -0.15) is 4.98 Å². The number of pyridine rings is 1. The monoisotopic (exact) mass is 247 g/mol. The van der Waals surface area contributed by atoms with Gasteiger partial charge in [0, 0.05) is 12.6 Å². The second kappa shape index (κ2) is 6.00. The first-order valence-electron chi connectivity index (χ1n) is 6.04. The third-order valence-electron chi connectivity index (χ3n) is 2.48. The number of aromatic nitrogens is 4.